The minimum Gasteiger partial charge on any atom is -0.478 e. The average Bonchev–Trinajstić information content (AvgIpc) is 2.74. The molecule has 9 nitrogen and oxygen atoms in total. The molecule has 0 amide bonds. The number of aromatic carboxylic acids is 2. The predicted octanol–water partition coefficient (Wildman–Crippen LogP) is 3.41. The smallest absolute Gasteiger partial charge is 0.416 e. The van der Waals surface area contributed by atoms with Gasteiger partial charge in [-0.15, -0.1) is 0 Å². The molecule has 3 rings (SSSR count). The molecule has 3 N–H and O–H groups in total. The summed E-state index contributed by atoms with van der Waals surface area (Å²) in [5, 5.41) is 31.0. The molecule has 0 aromatic heterocycles. The van der Waals surface area contributed by atoms with Crippen LogP contribution in [-0.2, 0) is 12.7 Å². The molecule has 1 aliphatic heterocycles. The van der Waals surface area contributed by atoms with Crippen molar-refractivity contribution in [3.63, 3.8) is 0 Å². The van der Waals surface area contributed by atoms with Crippen LogP contribution in [0.3, 0.4) is 0 Å². The van der Waals surface area contributed by atoms with Gasteiger partial charge in [-0.2, -0.15) is 13.2 Å². The fourth-order valence-electron chi connectivity index (χ4n) is 3.18. The van der Waals surface area contributed by atoms with Crippen LogP contribution in [0.15, 0.2) is 36.4 Å². The SMILES string of the molecule is Cc1ccc(C(=O)O)cc1C(=O)O.O=[N+]([O-])c1ccc(CN2CCNCC2)c(C(F)(F)F)c1. The molecule has 1 aliphatic rings. The van der Waals surface area contributed by atoms with E-state index < -0.39 is 34.3 Å². The number of halogens is 3. The van der Waals surface area contributed by atoms with E-state index in [-0.39, 0.29) is 23.2 Å². The Hall–Kier alpha value is -3.51. The summed E-state index contributed by atoms with van der Waals surface area (Å²) in [7, 11) is 0. The molecule has 2 aromatic rings. The number of carbonyl (C=O) groups is 2. The highest BCUT2D eigenvalue weighted by molar-refractivity contribution is 5.94. The number of carboxylic acids is 2. The van der Waals surface area contributed by atoms with Crippen LogP contribution in [0.2, 0.25) is 0 Å². The number of hydrogen-bond donors (Lipinski definition) is 3. The van der Waals surface area contributed by atoms with E-state index in [9.17, 15) is 32.9 Å². The number of carboxylic acid groups (broad SMARTS) is 2. The molecule has 0 unspecified atom stereocenters. The first kappa shape index (κ1) is 25.7. The average molecular weight is 469 g/mol. The normalized spacial score (nSPS) is 14.2. The Labute approximate surface area is 186 Å². The summed E-state index contributed by atoms with van der Waals surface area (Å²) in [6, 6.07) is 6.93. The van der Waals surface area contributed by atoms with Gasteiger partial charge in [0.15, 0.2) is 0 Å². The van der Waals surface area contributed by atoms with E-state index in [4.69, 9.17) is 10.2 Å². The largest absolute Gasteiger partial charge is 0.478 e. The summed E-state index contributed by atoms with van der Waals surface area (Å²) in [6.07, 6.45) is -4.59. The third-order valence-corrected chi connectivity index (χ3v) is 4.93. The molecular formula is C21H22F3N3O6. The van der Waals surface area contributed by atoms with Gasteiger partial charge in [0, 0.05) is 44.9 Å². The highest BCUT2D eigenvalue weighted by Gasteiger charge is 2.35. The summed E-state index contributed by atoms with van der Waals surface area (Å²) >= 11 is 0. The van der Waals surface area contributed by atoms with Gasteiger partial charge in [-0.1, -0.05) is 12.1 Å². The molecule has 2 aromatic carbocycles. The molecule has 178 valence electrons. The van der Waals surface area contributed by atoms with Crippen molar-refractivity contribution in [3.05, 3.63) is 74.3 Å². The van der Waals surface area contributed by atoms with Crippen molar-refractivity contribution in [3.8, 4) is 0 Å². The van der Waals surface area contributed by atoms with Crippen molar-refractivity contribution in [2.24, 2.45) is 0 Å². The lowest BCUT2D eigenvalue weighted by atomic mass is 10.1. The first-order valence-corrected chi connectivity index (χ1v) is 9.75. The number of piperazine rings is 1. The minimum absolute atomic E-state index is 0.0111. The van der Waals surface area contributed by atoms with Crippen LogP contribution in [0, 0.1) is 17.0 Å². The molecule has 0 atom stereocenters. The summed E-state index contributed by atoms with van der Waals surface area (Å²) in [6.45, 7) is 4.55. The standard InChI is InChI=1S/C12H14F3N3O2.C9H8O4/c13-12(14,15)11-7-10(18(19)20)2-1-9(11)8-17-5-3-16-4-6-17;1-5-2-3-6(8(10)11)4-7(5)9(12)13/h1-2,7,16H,3-6,8H2;2-4H,1H3,(H,10,11)(H,12,13). The molecule has 0 radical (unpaired) electrons. The second-order valence-electron chi connectivity index (χ2n) is 7.26. The number of nitro groups is 1. The third-order valence-electron chi connectivity index (χ3n) is 4.93. The molecule has 1 saturated heterocycles. The Morgan fingerprint density at radius 2 is 1.73 bits per heavy atom. The van der Waals surface area contributed by atoms with Gasteiger partial charge in [-0.05, 0) is 30.2 Å². The van der Waals surface area contributed by atoms with Gasteiger partial charge < -0.3 is 15.5 Å². The lowest BCUT2D eigenvalue weighted by Gasteiger charge is -2.28. The molecule has 0 bridgehead atoms. The number of non-ortho nitro benzene ring substituents is 1. The quantitative estimate of drug-likeness (QED) is 0.448. The molecule has 0 saturated carbocycles. The molecule has 33 heavy (non-hydrogen) atoms. The number of hydrogen-bond acceptors (Lipinski definition) is 6. The maximum atomic E-state index is 13.0. The summed E-state index contributed by atoms with van der Waals surface area (Å²) in [5.74, 6) is -2.23. The maximum Gasteiger partial charge on any atom is 0.416 e. The Balaban J connectivity index is 0.000000257. The molecule has 0 spiro atoms. The lowest BCUT2D eigenvalue weighted by molar-refractivity contribution is -0.385. The second kappa shape index (κ2) is 10.9. The first-order chi connectivity index (χ1) is 15.4. The topological polar surface area (TPSA) is 133 Å². The number of aryl methyl sites for hydroxylation is 1. The highest BCUT2D eigenvalue weighted by Crippen LogP contribution is 2.35. The third kappa shape index (κ3) is 7.26. The van der Waals surface area contributed by atoms with E-state index in [1.54, 1.807) is 6.92 Å². The van der Waals surface area contributed by atoms with Gasteiger partial charge in [0.25, 0.3) is 5.69 Å². The van der Waals surface area contributed by atoms with Gasteiger partial charge in [-0.3, -0.25) is 15.0 Å². The molecule has 1 heterocycles. The van der Waals surface area contributed by atoms with Gasteiger partial charge in [0.05, 0.1) is 21.6 Å². The number of nitro benzene ring substituents is 1. The Bertz CT molecular complexity index is 1040. The zero-order valence-electron chi connectivity index (χ0n) is 17.6. The molecule has 1 fully saturated rings. The summed E-state index contributed by atoms with van der Waals surface area (Å²) in [4.78, 5) is 32.8. The van der Waals surface area contributed by atoms with Crippen LogP contribution >= 0.6 is 0 Å². The van der Waals surface area contributed by atoms with Crippen LogP contribution in [0.5, 0.6) is 0 Å². The van der Waals surface area contributed by atoms with E-state index in [1.165, 1.54) is 18.2 Å². The van der Waals surface area contributed by atoms with Crippen molar-refractivity contribution < 1.29 is 37.9 Å². The van der Waals surface area contributed by atoms with E-state index in [2.05, 4.69) is 5.32 Å². The zero-order valence-corrected chi connectivity index (χ0v) is 17.6. The number of rotatable bonds is 5. The van der Waals surface area contributed by atoms with Crippen molar-refractivity contribution in [2.75, 3.05) is 26.2 Å². The van der Waals surface area contributed by atoms with Crippen LogP contribution in [0.4, 0.5) is 18.9 Å². The Morgan fingerprint density at radius 3 is 2.24 bits per heavy atom. The van der Waals surface area contributed by atoms with E-state index >= 15 is 0 Å². The van der Waals surface area contributed by atoms with Crippen molar-refractivity contribution in [1.82, 2.24) is 10.2 Å². The van der Waals surface area contributed by atoms with E-state index in [0.717, 1.165) is 25.2 Å². The minimum atomic E-state index is -4.59. The van der Waals surface area contributed by atoms with Crippen LogP contribution < -0.4 is 5.32 Å². The number of nitrogens with one attached hydrogen (secondary N) is 1. The van der Waals surface area contributed by atoms with Gasteiger partial charge >= 0.3 is 18.1 Å². The van der Waals surface area contributed by atoms with Crippen molar-refractivity contribution in [1.29, 1.82) is 0 Å². The number of alkyl halides is 3. The first-order valence-electron chi connectivity index (χ1n) is 9.75. The van der Waals surface area contributed by atoms with Crippen molar-refractivity contribution >= 4 is 17.6 Å². The summed E-state index contributed by atoms with van der Waals surface area (Å²) in [5.41, 5.74) is -0.822. The fourth-order valence-corrected chi connectivity index (χ4v) is 3.18. The Morgan fingerprint density at radius 1 is 1.09 bits per heavy atom. The highest BCUT2D eigenvalue weighted by atomic mass is 19.4. The Kier molecular flexibility index (Phi) is 8.49. The lowest BCUT2D eigenvalue weighted by Crippen LogP contribution is -2.43. The van der Waals surface area contributed by atoms with Crippen LogP contribution in [-0.4, -0.2) is 58.2 Å². The molecule has 0 aliphatic carbocycles. The molecular weight excluding hydrogens is 447 g/mol. The fraction of sp³-hybridized carbons (Fsp3) is 0.333. The zero-order chi connectivity index (χ0) is 24.8. The van der Waals surface area contributed by atoms with E-state index in [0.29, 0.717) is 24.7 Å². The van der Waals surface area contributed by atoms with Crippen LogP contribution in [0.25, 0.3) is 0 Å². The van der Waals surface area contributed by atoms with Gasteiger partial charge in [0.1, 0.15) is 0 Å². The second-order valence-corrected chi connectivity index (χ2v) is 7.26. The monoisotopic (exact) mass is 469 g/mol. The summed E-state index contributed by atoms with van der Waals surface area (Å²) < 4.78 is 39.0. The number of nitrogens with zero attached hydrogens (tertiary/aromatic N) is 2. The molecule has 12 heteroatoms. The van der Waals surface area contributed by atoms with Crippen LogP contribution in [0.1, 0.15) is 37.4 Å². The maximum absolute atomic E-state index is 13.0. The predicted molar refractivity (Wildman–Crippen MR) is 111 cm³/mol. The van der Waals surface area contributed by atoms with E-state index in [1.807, 2.05) is 4.90 Å². The van der Waals surface area contributed by atoms with Crippen molar-refractivity contribution in [2.45, 2.75) is 19.6 Å². The van der Waals surface area contributed by atoms with Gasteiger partial charge in [0.2, 0.25) is 0 Å². The van der Waals surface area contributed by atoms with Gasteiger partial charge in [-0.25, -0.2) is 9.59 Å². The number of benzene rings is 2.